The Bertz CT molecular complexity index is 1230. The van der Waals surface area contributed by atoms with Gasteiger partial charge in [0.2, 0.25) is 6.79 Å². The predicted molar refractivity (Wildman–Crippen MR) is 117 cm³/mol. The number of rotatable bonds is 8. The number of hydrogen-bond donors (Lipinski definition) is 0. The first-order valence-corrected chi connectivity index (χ1v) is 11.7. The van der Waals surface area contributed by atoms with Crippen molar-refractivity contribution < 1.29 is 27.4 Å². The van der Waals surface area contributed by atoms with Crippen molar-refractivity contribution in [3.8, 4) is 28.9 Å². The molecular formula is C22H25N3O6S. The summed E-state index contributed by atoms with van der Waals surface area (Å²) in [6, 6.07) is 8.71. The molecule has 0 aliphatic carbocycles. The smallest absolute Gasteiger partial charge is 0.337 e. The van der Waals surface area contributed by atoms with Crippen LogP contribution in [0.4, 0.5) is 0 Å². The first-order chi connectivity index (χ1) is 15.3. The van der Waals surface area contributed by atoms with Crippen molar-refractivity contribution in [3.05, 3.63) is 47.0 Å². The van der Waals surface area contributed by atoms with E-state index in [9.17, 15) is 8.42 Å². The molecule has 1 aliphatic heterocycles. The van der Waals surface area contributed by atoms with Gasteiger partial charge < -0.3 is 18.9 Å². The van der Waals surface area contributed by atoms with Crippen molar-refractivity contribution >= 4 is 10.0 Å². The van der Waals surface area contributed by atoms with Gasteiger partial charge in [0.1, 0.15) is 6.61 Å². The zero-order valence-corrected chi connectivity index (χ0v) is 19.2. The first kappa shape index (κ1) is 22.1. The number of aryl methyl sites for hydroxylation is 3. The minimum atomic E-state index is -4.06. The third kappa shape index (κ3) is 4.15. The molecule has 0 amide bonds. The summed E-state index contributed by atoms with van der Waals surface area (Å²) >= 11 is 0. The van der Waals surface area contributed by atoms with Crippen LogP contribution < -0.4 is 14.2 Å². The highest BCUT2D eigenvalue weighted by Crippen LogP contribution is 2.37. The fourth-order valence-corrected chi connectivity index (χ4v) is 5.37. The molecule has 1 aromatic heterocycles. The average Bonchev–Trinajstić information content (AvgIpc) is 3.37. The molecule has 0 saturated carbocycles. The van der Waals surface area contributed by atoms with Gasteiger partial charge in [-0.1, -0.05) is 22.8 Å². The predicted octanol–water partition coefficient (Wildman–Crippen LogP) is 3.25. The highest BCUT2D eigenvalue weighted by atomic mass is 32.2. The molecule has 10 heteroatoms. The van der Waals surface area contributed by atoms with Gasteiger partial charge in [-0.05, 0) is 57.0 Å². The van der Waals surface area contributed by atoms with Gasteiger partial charge >= 0.3 is 6.01 Å². The number of hydrogen-bond acceptors (Lipinski definition) is 8. The maximum atomic E-state index is 13.7. The van der Waals surface area contributed by atoms with Crippen LogP contribution in [0.2, 0.25) is 0 Å². The lowest BCUT2D eigenvalue weighted by atomic mass is 10.1. The molecule has 0 fully saturated rings. The zero-order valence-electron chi connectivity index (χ0n) is 18.4. The van der Waals surface area contributed by atoms with Crippen LogP contribution in [0.3, 0.4) is 0 Å². The standard InChI is InChI=1S/C22H25N3O6S/c1-5-28-8-9-29-22-23-21(17-6-7-18-19(12-17)31-13-30-18)25(24-22)32(26,27)20-15(3)10-14(2)11-16(20)4/h6-7,10-12H,5,8-9,13H2,1-4H3. The molecule has 0 N–H and O–H groups in total. The van der Waals surface area contributed by atoms with Gasteiger partial charge in [0, 0.05) is 12.2 Å². The maximum absolute atomic E-state index is 13.7. The van der Waals surface area contributed by atoms with Crippen molar-refractivity contribution in [3.63, 3.8) is 0 Å². The van der Waals surface area contributed by atoms with Gasteiger partial charge in [0.15, 0.2) is 17.3 Å². The van der Waals surface area contributed by atoms with Crippen LogP contribution >= 0.6 is 0 Å². The normalized spacial score (nSPS) is 12.9. The van der Waals surface area contributed by atoms with Crippen LogP contribution in [0, 0.1) is 20.8 Å². The Kier molecular flexibility index (Phi) is 6.07. The van der Waals surface area contributed by atoms with Gasteiger partial charge in [-0.3, -0.25) is 0 Å². The highest BCUT2D eigenvalue weighted by Gasteiger charge is 2.29. The molecule has 9 nitrogen and oxygen atoms in total. The largest absolute Gasteiger partial charge is 0.460 e. The van der Waals surface area contributed by atoms with Crippen molar-refractivity contribution in [2.45, 2.75) is 32.6 Å². The van der Waals surface area contributed by atoms with E-state index < -0.39 is 10.0 Å². The van der Waals surface area contributed by atoms with E-state index in [2.05, 4.69) is 10.1 Å². The van der Waals surface area contributed by atoms with Gasteiger partial charge in [-0.2, -0.15) is 13.4 Å². The van der Waals surface area contributed by atoms with Crippen molar-refractivity contribution in [2.24, 2.45) is 0 Å². The lowest BCUT2D eigenvalue weighted by molar-refractivity contribution is 0.106. The topological polar surface area (TPSA) is 102 Å². The van der Waals surface area contributed by atoms with E-state index in [1.807, 2.05) is 26.0 Å². The second-order valence-electron chi connectivity index (χ2n) is 7.41. The quantitative estimate of drug-likeness (QED) is 0.473. The SMILES string of the molecule is CCOCCOc1nc(-c2ccc3c(c2)OCO3)n(S(=O)(=O)c2c(C)cc(C)cc2C)n1. The summed E-state index contributed by atoms with van der Waals surface area (Å²) < 4.78 is 50.0. The summed E-state index contributed by atoms with van der Waals surface area (Å²) in [5.74, 6) is 1.21. The molecule has 2 aromatic carbocycles. The summed E-state index contributed by atoms with van der Waals surface area (Å²) in [6.07, 6.45) is 0. The summed E-state index contributed by atoms with van der Waals surface area (Å²) in [5.41, 5.74) is 2.75. The molecular weight excluding hydrogens is 434 g/mol. The van der Waals surface area contributed by atoms with E-state index in [4.69, 9.17) is 18.9 Å². The third-order valence-corrected chi connectivity index (χ3v) is 6.81. The molecule has 0 unspecified atom stereocenters. The van der Waals surface area contributed by atoms with Crippen LogP contribution in [0.25, 0.3) is 11.4 Å². The van der Waals surface area contributed by atoms with Gasteiger partial charge in [-0.25, -0.2) is 0 Å². The highest BCUT2D eigenvalue weighted by molar-refractivity contribution is 7.90. The zero-order chi connectivity index (χ0) is 22.9. The van der Waals surface area contributed by atoms with Crippen LogP contribution in [0.5, 0.6) is 17.5 Å². The van der Waals surface area contributed by atoms with Gasteiger partial charge in [0.25, 0.3) is 10.0 Å². The van der Waals surface area contributed by atoms with E-state index in [0.717, 1.165) is 9.65 Å². The molecule has 32 heavy (non-hydrogen) atoms. The van der Waals surface area contributed by atoms with E-state index in [1.54, 1.807) is 32.0 Å². The Balaban J connectivity index is 1.82. The molecule has 0 bridgehead atoms. The second kappa shape index (κ2) is 8.79. The minimum Gasteiger partial charge on any atom is -0.460 e. The molecule has 0 spiro atoms. The summed E-state index contributed by atoms with van der Waals surface area (Å²) in [6.45, 7) is 8.53. The Morgan fingerprint density at radius 2 is 1.75 bits per heavy atom. The average molecular weight is 460 g/mol. The summed E-state index contributed by atoms with van der Waals surface area (Å²) in [4.78, 5) is 4.56. The molecule has 0 atom stereocenters. The van der Waals surface area contributed by atoms with E-state index >= 15 is 0 Å². The Hall–Kier alpha value is -3.11. The van der Waals surface area contributed by atoms with Crippen molar-refractivity contribution in [2.75, 3.05) is 26.6 Å². The third-order valence-electron chi connectivity index (χ3n) is 4.94. The number of fused-ring (bicyclic) bond motifs is 1. The Morgan fingerprint density at radius 1 is 1.03 bits per heavy atom. The van der Waals surface area contributed by atoms with Crippen molar-refractivity contribution in [1.29, 1.82) is 0 Å². The van der Waals surface area contributed by atoms with E-state index in [1.165, 1.54) is 0 Å². The maximum Gasteiger partial charge on any atom is 0.337 e. The van der Waals surface area contributed by atoms with E-state index in [-0.39, 0.29) is 30.1 Å². The minimum absolute atomic E-state index is 0.0524. The van der Waals surface area contributed by atoms with Crippen LogP contribution in [-0.2, 0) is 14.8 Å². The molecule has 4 rings (SSSR count). The van der Waals surface area contributed by atoms with Crippen LogP contribution in [-0.4, -0.2) is 49.2 Å². The molecule has 170 valence electrons. The fourth-order valence-electron chi connectivity index (χ4n) is 3.72. The number of aromatic nitrogens is 3. The van der Waals surface area contributed by atoms with Crippen LogP contribution in [0.15, 0.2) is 35.2 Å². The Labute approximate surface area is 187 Å². The summed E-state index contributed by atoms with van der Waals surface area (Å²) in [5, 5.41) is 4.20. The molecule has 1 aliphatic rings. The lowest BCUT2D eigenvalue weighted by Gasteiger charge is -2.13. The summed E-state index contributed by atoms with van der Waals surface area (Å²) in [7, 11) is -4.06. The van der Waals surface area contributed by atoms with Gasteiger partial charge in [-0.15, -0.1) is 4.09 Å². The van der Waals surface area contributed by atoms with Crippen molar-refractivity contribution in [1.82, 2.24) is 14.2 Å². The second-order valence-corrected chi connectivity index (χ2v) is 9.11. The van der Waals surface area contributed by atoms with Gasteiger partial charge in [0.05, 0.1) is 11.5 Å². The lowest BCUT2D eigenvalue weighted by Crippen LogP contribution is -2.18. The Morgan fingerprint density at radius 3 is 2.47 bits per heavy atom. The molecule has 0 radical (unpaired) electrons. The monoisotopic (exact) mass is 459 g/mol. The van der Waals surface area contributed by atoms with Crippen LogP contribution in [0.1, 0.15) is 23.6 Å². The van der Waals surface area contributed by atoms with E-state index in [0.29, 0.717) is 41.4 Å². The number of nitrogens with zero attached hydrogens (tertiary/aromatic N) is 3. The molecule has 0 saturated heterocycles. The molecule has 2 heterocycles. The number of ether oxygens (including phenoxy) is 4. The first-order valence-electron chi connectivity index (χ1n) is 10.2. The fraction of sp³-hybridized carbons (Fsp3) is 0.364. The number of benzene rings is 2. The molecule has 3 aromatic rings.